The van der Waals surface area contributed by atoms with Gasteiger partial charge in [0.1, 0.15) is 5.82 Å². The summed E-state index contributed by atoms with van der Waals surface area (Å²) < 4.78 is 15.2. The Morgan fingerprint density at radius 3 is 2.95 bits per heavy atom. The fourth-order valence-corrected chi connectivity index (χ4v) is 1.89. The van der Waals surface area contributed by atoms with Crippen LogP contribution in [0, 0.1) is 5.82 Å². The molecule has 0 spiro atoms. The molecule has 94 valence electrons. The first-order chi connectivity index (χ1) is 9.16. The van der Waals surface area contributed by atoms with Crippen molar-refractivity contribution in [2.75, 3.05) is 0 Å². The summed E-state index contributed by atoms with van der Waals surface area (Å²) in [6.07, 6.45) is 4.91. The number of carboxylic acid groups (broad SMARTS) is 1. The zero-order chi connectivity index (χ0) is 13.4. The van der Waals surface area contributed by atoms with Crippen molar-refractivity contribution in [3.05, 3.63) is 54.2 Å². The van der Waals surface area contributed by atoms with Crippen LogP contribution in [-0.4, -0.2) is 25.7 Å². The molecular weight excluding hydrogens is 249 g/mol. The zero-order valence-corrected chi connectivity index (χ0v) is 9.62. The SMILES string of the molecule is O=C(O)c1ccc(-c2cnn3cccnc23)cc1F. The van der Waals surface area contributed by atoms with Gasteiger partial charge >= 0.3 is 5.97 Å². The second-order valence-electron chi connectivity index (χ2n) is 3.95. The van der Waals surface area contributed by atoms with E-state index in [1.54, 1.807) is 29.2 Å². The highest BCUT2D eigenvalue weighted by molar-refractivity contribution is 5.89. The number of nitrogens with zero attached hydrogens (tertiary/aromatic N) is 3. The van der Waals surface area contributed by atoms with Gasteiger partial charge in [0.25, 0.3) is 0 Å². The minimum atomic E-state index is -1.29. The first-order valence-corrected chi connectivity index (χ1v) is 5.48. The van der Waals surface area contributed by atoms with Crippen molar-refractivity contribution in [3.8, 4) is 11.1 Å². The molecule has 0 unspecified atom stereocenters. The van der Waals surface area contributed by atoms with E-state index in [9.17, 15) is 9.18 Å². The maximum atomic E-state index is 13.7. The lowest BCUT2D eigenvalue weighted by atomic mass is 10.1. The van der Waals surface area contributed by atoms with Crippen molar-refractivity contribution in [1.82, 2.24) is 14.6 Å². The normalized spacial score (nSPS) is 10.8. The largest absolute Gasteiger partial charge is 0.478 e. The van der Waals surface area contributed by atoms with E-state index >= 15 is 0 Å². The summed E-state index contributed by atoms with van der Waals surface area (Å²) in [6.45, 7) is 0. The molecule has 2 heterocycles. The van der Waals surface area contributed by atoms with Gasteiger partial charge in [-0.1, -0.05) is 6.07 Å². The highest BCUT2D eigenvalue weighted by Crippen LogP contribution is 2.24. The van der Waals surface area contributed by atoms with Crippen molar-refractivity contribution in [2.24, 2.45) is 0 Å². The second-order valence-corrected chi connectivity index (χ2v) is 3.95. The molecular formula is C13H8FN3O2. The number of carbonyl (C=O) groups is 1. The second kappa shape index (κ2) is 4.16. The number of rotatable bonds is 2. The maximum absolute atomic E-state index is 13.7. The van der Waals surface area contributed by atoms with Crippen LogP contribution in [0.3, 0.4) is 0 Å². The molecule has 1 aromatic carbocycles. The van der Waals surface area contributed by atoms with E-state index in [-0.39, 0.29) is 5.56 Å². The highest BCUT2D eigenvalue weighted by atomic mass is 19.1. The van der Waals surface area contributed by atoms with Crippen LogP contribution in [-0.2, 0) is 0 Å². The molecule has 0 bridgehead atoms. The number of carboxylic acids is 1. The predicted octanol–water partition coefficient (Wildman–Crippen LogP) is 2.23. The Bertz CT molecular complexity index is 782. The number of hydrogen-bond acceptors (Lipinski definition) is 3. The van der Waals surface area contributed by atoms with Gasteiger partial charge in [0.2, 0.25) is 0 Å². The summed E-state index contributed by atoms with van der Waals surface area (Å²) in [6, 6.07) is 5.69. The molecule has 0 aliphatic heterocycles. The topological polar surface area (TPSA) is 67.5 Å². The van der Waals surface area contributed by atoms with Crippen LogP contribution in [0.1, 0.15) is 10.4 Å². The first-order valence-electron chi connectivity index (χ1n) is 5.48. The fraction of sp³-hybridized carbons (Fsp3) is 0. The third kappa shape index (κ3) is 1.83. The van der Waals surface area contributed by atoms with Crippen LogP contribution in [0.15, 0.2) is 42.9 Å². The van der Waals surface area contributed by atoms with Crippen molar-refractivity contribution in [2.45, 2.75) is 0 Å². The van der Waals surface area contributed by atoms with E-state index in [1.807, 2.05) is 0 Å². The quantitative estimate of drug-likeness (QED) is 0.764. The number of hydrogen-bond donors (Lipinski definition) is 1. The lowest BCUT2D eigenvalue weighted by Gasteiger charge is -2.01. The van der Waals surface area contributed by atoms with Crippen LogP contribution in [0.2, 0.25) is 0 Å². The molecule has 6 heteroatoms. The summed E-state index contributed by atoms with van der Waals surface area (Å²) >= 11 is 0. The van der Waals surface area contributed by atoms with Gasteiger partial charge in [0.15, 0.2) is 5.65 Å². The third-order valence-corrected chi connectivity index (χ3v) is 2.79. The molecule has 19 heavy (non-hydrogen) atoms. The Hall–Kier alpha value is -2.76. The molecule has 3 rings (SSSR count). The zero-order valence-electron chi connectivity index (χ0n) is 9.62. The van der Waals surface area contributed by atoms with E-state index in [0.717, 1.165) is 0 Å². The van der Waals surface area contributed by atoms with Gasteiger partial charge in [0.05, 0.1) is 11.8 Å². The third-order valence-electron chi connectivity index (χ3n) is 2.79. The molecule has 2 aromatic heterocycles. The number of aromatic carboxylic acids is 1. The van der Waals surface area contributed by atoms with Crippen molar-refractivity contribution >= 4 is 11.6 Å². The number of halogens is 1. The number of benzene rings is 1. The molecule has 0 amide bonds. The average Bonchev–Trinajstić information content (AvgIpc) is 2.82. The van der Waals surface area contributed by atoms with E-state index in [0.29, 0.717) is 16.8 Å². The minimum Gasteiger partial charge on any atom is -0.478 e. The molecule has 0 saturated heterocycles. The van der Waals surface area contributed by atoms with Gasteiger partial charge in [-0.05, 0) is 23.8 Å². The summed E-state index contributed by atoms with van der Waals surface area (Å²) in [5.41, 5.74) is 1.42. The summed E-state index contributed by atoms with van der Waals surface area (Å²) in [7, 11) is 0. The molecule has 0 saturated carbocycles. The van der Waals surface area contributed by atoms with Crippen LogP contribution in [0.4, 0.5) is 4.39 Å². The maximum Gasteiger partial charge on any atom is 0.338 e. The summed E-state index contributed by atoms with van der Waals surface area (Å²) in [5, 5.41) is 12.9. The number of fused-ring (bicyclic) bond motifs is 1. The molecule has 3 aromatic rings. The fourth-order valence-electron chi connectivity index (χ4n) is 1.89. The van der Waals surface area contributed by atoms with Crippen LogP contribution >= 0.6 is 0 Å². The van der Waals surface area contributed by atoms with Gasteiger partial charge in [-0.25, -0.2) is 18.7 Å². The smallest absolute Gasteiger partial charge is 0.338 e. The Morgan fingerprint density at radius 2 is 2.21 bits per heavy atom. The average molecular weight is 257 g/mol. The van der Waals surface area contributed by atoms with Crippen molar-refractivity contribution < 1.29 is 14.3 Å². The van der Waals surface area contributed by atoms with Crippen LogP contribution in [0.5, 0.6) is 0 Å². The Morgan fingerprint density at radius 1 is 1.37 bits per heavy atom. The van der Waals surface area contributed by atoms with Gasteiger partial charge in [-0.2, -0.15) is 5.10 Å². The Labute approximate surface area is 107 Å². The predicted molar refractivity (Wildman–Crippen MR) is 65.3 cm³/mol. The van der Waals surface area contributed by atoms with Crippen molar-refractivity contribution in [3.63, 3.8) is 0 Å². The Kier molecular flexibility index (Phi) is 2.49. The monoisotopic (exact) mass is 257 g/mol. The standard InChI is InChI=1S/C13H8FN3O2/c14-11-6-8(2-3-9(11)13(18)19)10-7-16-17-5-1-4-15-12(10)17/h1-7H,(H,18,19). The van der Waals surface area contributed by atoms with Gasteiger partial charge < -0.3 is 5.11 Å². The molecule has 0 radical (unpaired) electrons. The van der Waals surface area contributed by atoms with E-state index in [2.05, 4.69) is 10.1 Å². The van der Waals surface area contributed by atoms with Crippen LogP contribution < -0.4 is 0 Å². The molecule has 0 aliphatic carbocycles. The van der Waals surface area contributed by atoms with Crippen molar-refractivity contribution in [1.29, 1.82) is 0 Å². The highest BCUT2D eigenvalue weighted by Gasteiger charge is 2.13. The lowest BCUT2D eigenvalue weighted by molar-refractivity contribution is 0.0692. The first kappa shape index (κ1) is 11.3. The molecule has 5 nitrogen and oxygen atoms in total. The van der Waals surface area contributed by atoms with Gasteiger partial charge in [-0.15, -0.1) is 0 Å². The number of aromatic nitrogens is 3. The summed E-state index contributed by atoms with van der Waals surface area (Å²) in [4.78, 5) is 14.9. The molecule has 0 fully saturated rings. The minimum absolute atomic E-state index is 0.354. The van der Waals surface area contributed by atoms with Gasteiger partial charge in [0, 0.05) is 18.0 Å². The van der Waals surface area contributed by atoms with E-state index in [1.165, 1.54) is 18.2 Å². The van der Waals surface area contributed by atoms with E-state index < -0.39 is 11.8 Å². The molecule has 0 atom stereocenters. The lowest BCUT2D eigenvalue weighted by Crippen LogP contribution is -2.00. The Balaban J connectivity index is 2.17. The van der Waals surface area contributed by atoms with E-state index in [4.69, 9.17) is 5.11 Å². The van der Waals surface area contributed by atoms with Gasteiger partial charge in [-0.3, -0.25) is 0 Å². The molecule has 0 aliphatic rings. The molecule has 1 N–H and O–H groups in total. The summed E-state index contributed by atoms with van der Waals surface area (Å²) in [5.74, 6) is -2.07. The van der Waals surface area contributed by atoms with Crippen LogP contribution in [0.25, 0.3) is 16.8 Å².